The maximum Gasteiger partial charge on any atom is 0.179 e. The van der Waals surface area contributed by atoms with Crippen LogP contribution < -0.4 is 0 Å². The molecule has 163 valence electrons. The number of aromatic nitrogens is 3. The van der Waals surface area contributed by atoms with Crippen molar-refractivity contribution in [3.63, 3.8) is 0 Å². The van der Waals surface area contributed by atoms with E-state index < -0.39 is 12.2 Å². The average Bonchev–Trinajstić information content (AvgIpc) is 2.85. The first-order chi connectivity index (χ1) is 14.5. The van der Waals surface area contributed by atoms with Crippen molar-refractivity contribution in [1.82, 2.24) is 15.0 Å². The van der Waals surface area contributed by atoms with Gasteiger partial charge < -0.3 is 10.2 Å². The highest BCUT2D eigenvalue weighted by Gasteiger charge is 2.04. The number of alkyl halides is 3. The second-order valence-electron chi connectivity index (χ2n) is 5.71. The van der Waals surface area contributed by atoms with Gasteiger partial charge in [-0.2, -0.15) is 0 Å². The number of hydrogen-bond donors (Lipinski definition) is 2. The number of pyridine rings is 3. The number of halogens is 3. The standard InChI is InChI=1S/2C7H8ClNO.C7H6ClNO.B/c3*8-4-7(10)6-2-1-3-9-5-6;/h2*1-3,5,7,10H,4H2;1-3,5H,4H2;/t2*7-;;/m10../s1. The summed E-state index contributed by atoms with van der Waals surface area (Å²) in [7, 11) is 0. The summed E-state index contributed by atoms with van der Waals surface area (Å²) in [5, 5.41) is 18.3. The van der Waals surface area contributed by atoms with E-state index in [1.54, 1.807) is 67.4 Å². The van der Waals surface area contributed by atoms with Gasteiger partial charge in [0.2, 0.25) is 0 Å². The van der Waals surface area contributed by atoms with Gasteiger partial charge in [-0.3, -0.25) is 19.7 Å². The second kappa shape index (κ2) is 17.6. The molecule has 3 aromatic heterocycles. The number of nitrogens with zero attached hydrogens (tertiary/aromatic N) is 3. The van der Waals surface area contributed by atoms with E-state index >= 15 is 0 Å². The summed E-state index contributed by atoms with van der Waals surface area (Å²) in [5.41, 5.74) is 2.09. The van der Waals surface area contributed by atoms with Gasteiger partial charge in [-0.1, -0.05) is 12.1 Å². The molecule has 0 aliphatic carbocycles. The van der Waals surface area contributed by atoms with E-state index in [0.717, 1.165) is 11.1 Å². The molecule has 0 aromatic carbocycles. The molecule has 0 unspecified atom stereocenters. The summed E-state index contributed by atoms with van der Waals surface area (Å²) in [5.74, 6) is 0.359. The normalized spacial score (nSPS) is 11.4. The second-order valence-corrected chi connectivity index (χ2v) is 6.60. The molecule has 0 saturated carbocycles. The monoisotopic (exact) mass is 480 g/mol. The van der Waals surface area contributed by atoms with E-state index in [1.165, 1.54) is 6.20 Å². The fourth-order valence-corrected chi connectivity index (χ4v) is 2.44. The van der Waals surface area contributed by atoms with Crippen LogP contribution in [0.1, 0.15) is 33.7 Å². The maximum absolute atomic E-state index is 10.8. The summed E-state index contributed by atoms with van der Waals surface area (Å²) in [6, 6.07) is 10.5. The van der Waals surface area contributed by atoms with Gasteiger partial charge in [0, 0.05) is 51.2 Å². The molecular weight excluding hydrogens is 459 g/mol. The first kappa shape index (κ1) is 29.0. The van der Waals surface area contributed by atoms with Crippen LogP contribution in [-0.2, 0) is 0 Å². The zero-order chi connectivity index (χ0) is 22.2. The van der Waals surface area contributed by atoms with Gasteiger partial charge in [-0.05, 0) is 35.4 Å². The number of carbonyl (C=O) groups is 1. The number of rotatable bonds is 6. The van der Waals surface area contributed by atoms with E-state index in [1.807, 2.05) is 0 Å². The summed E-state index contributed by atoms with van der Waals surface area (Å²) in [6.45, 7) is 0. The van der Waals surface area contributed by atoms with Crippen LogP contribution in [0.3, 0.4) is 0 Å². The quantitative estimate of drug-likeness (QED) is 0.316. The van der Waals surface area contributed by atoms with Crippen molar-refractivity contribution in [1.29, 1.82) is 0 Å². The van der Waals surface area contributed by atoms with Crippen molar-refractivity contribution in [3.8, 4) is 0 Å². The lowest BCUT2D eigenvalue weighted by Gasteiger charge is -2.03. The minimum absolute atomic E-state index is 0. The van der Waals surface area contributed by atoms with Crippen LogP contribution in [0.5, 0.6) is 0 Å². The minimum atomic E-state index is -0.588. The van der Waals surface area contributed by atoms with Crippen LogP contribution in [0.4, 0.5) is 0 Å². The Morgan fingerprint density at radius 2 is 1.19 bits per heavy atom. The smallest absolute Gasteiger partial charge is 0.179 e. The van der Waals surface area contributed by atoms with Gasteiger partial charge in [-0.25, -0.2) is 0 Å². The Labute approximate surface area is 198 Å². The van der Waals surface area contributed by atoms with Gasteiger partial charge in [0.05, 0.1) is 29.8 Å². The van der Waals surface area contributed by atoms with Gasteiger partial charge in [0.15, 0.2) is 5.78 Å². The molecule has 0 aliphatic rings. The SMILES string of the molecule is O=C(CCl)c1cccnc1.O[C@@H](CCl)c1cccnc1.O[C@H](CCl)c1cccnc1.[B]. The van der Waals surface area contributed by atoms with E-state index in [4.69, 9.17) is 45.0 Å². The summed E-state index contributed by atoms with van der Waals surface area (Å²) in [6.07, 6.45) is 8.47. The van der Waals surface area contributed by atoms with Gasteiger partial charge in [-0.15, -0.1) is 34.8 Å². The molecule has 2 N–H and O–H groups in total. The number of hydrogen-bond acceptors (Lipinski definition) is 6. The topological polar surface area (TPSA) is 96.2 Å². The van der Waals surface area contributed by atoms with E-state index in [-0.39, 0.29) is 31.8 Å². The van der Waals surface area contributed by atoms with E-state index in [0.29, 0.717) is 5.56 Å². The van der Waals surface area contributed by atoms with Crippen molar-refractivity contribution < 1.29 is 15.0 Å². The Bertz CT molecular complexity index is 789. The minimum Gasteiger partial charge on any atom is -0.387 e. The lowest BCUT2D eigenvalue weighted by Crippen LogP contribution is -1.99. The third kappa shape index (κ3) is 11.8. The summed E-state index contributed by atoms with van der Waals surface area (Å²) < 4.78 is 0. The van der Waals surface area contributed by atoms with Gasteiger partial charge in [0.1, 0.15) is 0 Å². The molecule has 0 saturated heterocycles. The molecule has 3 rings (SSSR count). The van der Waals surface area contributed by atoms with Crippen LogP contribution in [0.25, 0.3) is 0 Å². The highest BCUT2D eigenvalue weighted by Crippen LogP contribution is 2.11. The Morgan fingerprint density at radius 1 is 0.774 bits per heavy atom. The predicted molar refractivity (Wildman–Crippen MR) is 125 cm³/mol. The van der Waals surface area contributed by atoms with Crippen molar-refractivity contribution in [3.05, 3.63) is 90.3 Å². The number of carbonyl (C=O) groups excluding carboxylic acids is 1. The number of aliphatic hydroxyl groups is 2. The Morgan fingerprint density at radius 3 is 1.48 bits per heavy atom. The fourth-order valence-electron chi connectivity index (χ4n) is 1.93. The molecule has 3 radical (unpaired) electrons. The van der Waals surface area contributed by atoms with Crippen LogP contribution in [-0.4, -0.2) is 57.0 Å². The molecule has 6 nitrogen and oxygen atoms in total. The van der Waals surface area contributed by atoms with Gasteiger partial charge >= 0.3 is 0 Å². The Kier molecular flexibility index (Phi) is 16.5. The van der Waals surface area contributed by atoms with E-state index in [9.17, 15) is 4.79 Å². The summed E-state index contributed by atoms with van der Waals surface area (Å²) >= 11 is 16.1. The zero-order valence-corrected chi connectivity index (χ0v) is 18.8. The highest BCUT2D eigenvalue weighted by molar-refractivity contribution is 6.30. The Hall–Kier alpha value is -2.03. The maximum atomic E-state index is 10.8. The number of ketones is 1. The van der Waals surface area contributed by atoms with Crippen LogP contribution in [0, 0.1) is 0 Å². The largest absolute Gasteiger partial charge is 0.387 e. The van der Waals surface area contributed by atoms with Crippen LogP contribution >= 0.6 is 34.8 Å². The molecule has 3 heterocycles. The van der Waals surface area contributed by atoms with Crippen molar-refractivity contribution >= 4 is 49.0 Å². The molecule has 0 bridgehead atoms. The average molecular weight is 482 g/mol. The number of Topliss-reactive ketones (excluding diaryl/α,β-unsaturated/α-hetero) is 1. The first-order valence-corrected chi connectivity index (χ1v) is 10.4. The number of aliphatic hydroxyl groups excluding tert-OH is 2. The third-order valence-electron chi connectivity index (χ3n) is 3.54. The molecule has 0 amide bonds. The lowest BCUT2D eigenvalue weighted by atomic mass is 10.2. The van der Waals surface area contributed by atoms with Gasteiger partial charge in [0.25, 0.3) is 0 Å². The molecular formula is C21H22BCl3N3O3. The van der Waals surface area contributed by atoms with Crippen LogP contribution in [0.2, 0.25) is 0 Å². The summed E-state index contributed by atoms with van der Waals surface area (Å²) in [4.78, 5) is 22.3. The lowest BCUT2D eigenvalue weighted by molar-refractivity contribution is 0.102. The first-order valence-electron chi connectivity index (χ1n) is 8.80. The molecule has 2 atom stereocenters. The highest BCUT2D eigenvalue weighted by atomic mass is 35.5. The molecule has 31 heavy (non-hydrogen) atoms. The van der Waals surface area contributed by atoms with E-state index in [2.05, 4.69) is 15.0 Å². The zero-order valence-electron chi connectivity index (χ0n) is 16.6. The molecule has 10 heteroatoms. The predicted octanol–water partition coefficient (Wildman–Crippen LogP) is 3.83. The van der Waals surface area contributed by atoms with Crippen molar-refractivity contribution in [2.24, 2.45) is 0 Å². The van der Waals surface area contributed by atoms with Crippen molar-refractivity contribution in [2.75, 3.05) is 17.6 Å². The fraction of sp³-hybridized carbons (Fsp3) is 0.238. The van der Waals surface area contributed by atoms with Crippen LogP contribution in [0.15, 0.2) is 73.6 Å². The molecule has 0 fully saturated rings. The molecule has 0 spiro atoms. The van der Waals surface area contributed by atoms with Crippen molar-refractivity contribution in [2.45, 2.75) is 12.2 Å². The molecule has 0 aliphatic heterocycles. The molecule has 3 aromatic rings. The Balaban J connectivity index is 0.000000429. The third-order valence-corrected chi connectivity index (χ3v) is 4.36.